The first kappa shape index (κ1) is 35.4. The molecule has 1 atom stereocenters. The van der Waals surface area contributed by atoms with Crippen LogP contribution in [0.3, 0.4) is 0 Å². The molecule has 240 valence electrons. The van der Waals surface area contributed by atoms with Gasteiger partial charge in [-0.15, -0.1) is 0 Å². The zero-order chi connectivity index (χ0) is 32.6. The number of hydrogen-bond acceptors (Lipinski definition) is 10. The summed E-state index contributed by atoms with van der Waals surface area (Å²) in [4.78, 5) is 56.3. The second-order valence-electron chi connectivity index (χ2n) is 9.90. The lowest BCUT2D eigenvalue weighted by Crippen LogP contribution is -2.28. The Bertz CT molecular complexity index is 1470. The lowest BCUT2D eigenvalue weighted by Gasteiger charge is -2.22. The number of hydrogen-bond donors (Lipinski definition) is 6. The highest BCUT2D eigenvalue weighted by Gasteiger charge is 2.16. The first-order valence-electron chi connectivity index (χ1n) is 14.1. The molecule has 15 nitrogen and oxygen atoms in total. The highest BCUT2D eigenvalue weighted by Crippen LogP contribution is 2.19. The fourth-order valence-electron chi connectivity index (χ4n) is 4.13. The number of nitrogens with zero attached hydrogens (tertiary/aromatic N) is 4. The molecule has 0 saturated heterocycles. The summed E-state index contributed by atoms with van der Waals surface area (Å²) in [6.07, 6.45) is 4.46. The number of H-pyrrole nitrogens is 1. The number of rotatable bonds is 17. The number of aliphatic carboxylic acids is 3. The van der Waals surface area contributed by atoms with Crippen molar-refractivity contribution in [2.24, 2.45) is 0 Å². The number of fused-ring (bicyclic) bond motifs is 1. The molecule has 0 aliphatic heterocycles. The molecule has 7 N–H and O–H groups in total. The van der Waals surface area contributed by atoms with Crippen LogP contribution in [0.2, 0.25) is 0 Å². The molecule has 0 aliphatic carbocycles. The van der Waals surface area contributed by atoms with E-state index in [0.717, 1.165) is 30.4 Å². The van der Waals surface area contributed by atoms with Gasteiger partial charge in [0.25, 0.3) is 0 Å². The Morgan fingerprint density at radius 1 is 1.09 bits per heavy atom. The Morgan fingerprint density at radius 2 is 1.80 bits per heavy atom. The molecule has 3 rings (SSSR count). The number of aromatic nitrogens is 4. The second-order valence-corrected chi connectivity index (χ2v) is 9.90. The van der Waals surface area contributed by atoms with Gasteiger partial charge in [0.1, 0.15) is 5.52 Å². The summed E-state index contributed by atoms with van der Waals surface area (Å²) < 4.78 is 7.13. The number of nitrogens with two attached hydrogens (primary N) is 1. The average Bonchev–Trinajstić information content (AvgIpc) is 3.29. The Balaban J connectivity index is 0.000000742. The highest BCUT2D eigenvalue weighted by atomic mass is 16.5. The molecule has 0 aliphatic rings. The zero-order valence-corrected chi connectivity index (χ0v) is 24.8. The Morgan fingerprint density at radius 3 is 2.41 bits per heavy atom. The summed E-state index contributed by atoms with van der Waals surface area (Å²) in [5.41, 5.74) is 8.29. The summed E-state index contributed by atoms with van der Waals surface area (Å²) in [5, 5.41) is 34.4. The van der Waals surface area contributed by atoms with Crippen LogP contribution >= 0.6 is 0 Å². The second kappa shape index (κ2) is 18.0. The van der Waals surface area contributed by atoms with Crippen LogP contribution in [0.1, 0.15) is 56.6 Å². The van der Waals surface area contributed by atoms with Gasteiger partial charge < -0.3 is 35.9 Å². The predicted octanol–water partition coefficient (Wildman–Crippen LogP) is 2.06. The van der Waals surface area contributed by atoms with Crippen LogP contribution in [0.15, 0.2) is 41.2 Å². The Hall–Kier alpha value is -4.76. The maximum atomic E-state index is 12.5. The number of aliphatic hydroxyl groups excluding tert-OH is 1. The smallest absolute Gasteiger partial charge is 0.328 e. The SMILES string of the molecule is CCCCOc1nc(N)c2[nH]c(=O)n(CCCCN(CCO)Cc3cccc(C(C)C(=O)O)c3)c2n1.O=C(O)/C=C/C(=O)O. The summed E-state index contributed by atoms with van der Waals surface area (Å²) in [6, 6.07) is 7.69. The Labute approximate surface area is 253 Å². The van der Waals surface area contributed by atoms with Crippen molar-refractivity contribution in [1.29, 1.82) is 0 Å². The van der Waals surface area contributed by atoms with E-state index in [1.54, 1.807) is 11.5 Å². The van der Waals surface area contributed by atoms with Crippen molar-refractivity contribution in [3.8, 4) is 6.01 Å². The minimum Gasteiger partial charge on any atom is -0.481 e. The lowest BCUT2D eigenvalue weighted by molar-refractivity contribution is -0.138. The number of carboxylic acid groups (broad SMARTS) is 3. The fraction of sp³-hybridized carbons (Fsp3) is 0.448. The average molecular weight is 617 g/mol. The van der Waals surface area contributed by atoms with Gasteiger partial charge in [-0.2, -0.15) is 9.97 Å². The molecule has 0 bridgehead atoms. The highest BCUT2D eigenvalue weighted by molar-refractivity contribution is 5.89. The maximum absolute atomic E-state index is 12.5. The number of carbonyl (C=O) groups is 3. The molecule has 0 amide bonds. The minimum atomic E-state index is -1.26. The number of unbranched alkanes of at least 4 members (excludes halogenated alkanes) is 2. The summed E-state index contributed by atoms with van der Waals surface area (Å²) in [5.74, 6) is -3.78. The molecule has 1 unspecified atom stereocenters. The zero-order valence-electron chi connectivity index (χ0n) is 24.8. The van der Waals surface area contributed by atoms with Crippen LogP contribution in [0, 0.1) is 0 Å². The molecular weight excluding hydrogens is 576 g/mol. The van der Waals surface area contributed by atoms with E-state index < -0.39 is 23.8 Å². The van der Waals surface area contributed by atoms with Crippen LogP contribution in [-0.4, -0.2) is 89.1 Å². The van der Waals surface area contributed by atoms with E-state index in [1.807, 2.05) is 24.3 Å². The van der Waals surface area contributed by atoms with Crippen LogP contribution < -0.4 is 16.2 Å². The van der Waals surface area contributed by atoms with Gasteiger partial charge in [0.05, 0.1) is 19.1 Å². The number of nitrogen functional groups attached to an aromatic ring is 1. The molecule has 0 radical (unpaired) electrons. The number of ether oxygens (including phenoxy) is 1. The van der Waals surface area contributed by atoms with Crippen molar-refractivity contribution < 1.29 is 39.5 Å². The monoisotopic (exact) mass is 616 g/mol. The number of anilines is 1. The van der Waals surface area contributed by atoms with Crippen molar-refractivity contribution in [2.45, 2.75) is 58.5 Å². The van der Waals surface area contributed by atoms with Crippen molar-refractivity contribution >= 4 is 34.9 Å². The molecule has 0 fully saturated rings. The third kappa shape index (κ3) is 11.5. The van der Waals surface area contributed by atoms with Crippen LogP contribution in [0.25, 0.3) is 11.2 Å². The number of benzene rings is 1. The van der Waals surface area contributed by atoms with Gasteiger partial charge in [-0.1, -0.05) is 37.6 Å². The van der Waals surface area contributed by atoms with Gasteiger partial charge in [-0.25, -0.2) is 14.4 Å². The van der Waals surface area contributed by atoms with Gasteiger partial charge in [0.15, 0.2) is 11.5 Å². The first-order chi connectivity index (χ1) is 21.0. The van der Waals surface area contributed by atoms with Crippen molar-refractivity contribution in [1.82, 2.24) is 24.4 Å². The largest absolute Gasteiger partial charge is 0.481 e. The van der Waals surface area contributed by atoms with E-state index in [9.17, 15) is 29.4 Å². The number of aromatic amines is 1. The topological polar surface area (TPSA) is 234 Å². The molecule has 0 spiro atoms. The standard InChI is InChI=1S/C25H36N6O5.C4H4O4/c1-3-4-14-36-24-28-21(26)20-22(29-24)31(25(35)27-20)11-6-5-10-30(12-13-32)16-18-8-7-9-19(15-18)17(2)23(33)34;5-3(6)1-2-4(7)8/h7-9,15,17,32H,3-6,10-14,16H2,1-2H3,(H,27,35)(H,33,34)(H2,26,28,29);1-2H,(H,5,6)(H,7,8)/b;2-1+. The van der Waals surface area contributed by atoms with E-state index in [4.69, 9.17) is 20.7 Å². The molecule has 15 heteroatoms. The van der Waals surface area contributed by atoms with Crippen molar-refractivity contribution in [3.63, 3.8) is 0 Å². The third-order valence-electron chi connectivity index (χ3n) is 6.48. The van der Waals surface area contributed by atoms with Crippen molar-refractivity contribution in [3.05, 3.63) is 58.0 Å². The molecule has 2 heterocycles. The van der Waals surface area contributed by atoms with E-state index in [2.05, 4.69) is 26.8 Å². The number of carboxylic acids is 3. The van der Waals surface area contributed by atoms with Gasteiger partial charge in [-0.05, 0) is 43.9 Å². The summed E-state index contributed by atoms with van der Waals surface area (Å²) in [6.45, 7) is 6.47. The van der Waals surface area contributed by atoms with Crippen LogP contribution in [0.4, 0.5) is 5.82 Å². The molecule has 44 heavy (non-hydrogen) atoms. The van der Waals surface area contributed by atoms with Gasteiger partial charge in [0, 0.05) is 31.8 Å². The Kier molecular flexibility index (Phi) is 14.5. The molecule has 0 saturated carbocycles. The number of imidazole rings is 1. The fourth-order valence-corrected chi connectivity index (χ4v) is 4.13. The van der Waals surface area contributed by atoms with E-state index in [1.165, 1.54) is 0 Å². The van der Waals surface area contributed by atoms with Crippen molar-refractivity contribution in [2.75, 3.05) is 32.0 Å². The van der Waals surface area contributed by atoms with E-state index >= 15 is 0 Å². The van der Waals surface area contributed by atoms with E-state index in [0.29, 0.717) is 62.5 Å². The normalized spacial score (nSPS) is 11.8. The summed E-state index contributed by atoms with van der Waals surface area (Å²) >= 11 is 0. The van der Waals surface area contributed by atoms with E-state index in [-0.39, 0.29) is 24.1 Å². The van der Waals surface area contributed by atoms with Gasteiger partial charge in [-0.3, -0.25) is 14.3 Å². The van der Waals surface area contributed by atoms with Gasteiger partial charge >= 0.3 is 29.6 Å². The van der Waals surface area contributed by atoms with Crippen LogP contribution in [0.5, 0.6) is 6.01 Å². The number of aryl methyl sites for hydroxylation is 1. The molecular formula is C29H40N6O9. The predicted molar refractivity (Wildman–Crippen MR) is 161 cm³/mol. The third-order valence-corrected chi connectivity index (χ3v) is 6.48. The maximum Gasteiger partial charge on any atom is 0.328 e. The quantitative estimate of drug-likeness (QED) is 0.0942. The summed E-state index contributed by atoms with van der Waals surface area (Å²) in [7, 11) is 0. The van der Waals surface area contributed by atoms with Crippen LogP contribution in [-0.2, 0) is 27.5 Å². The minimum absolute atomic E-state index is 0.0180. The number of nitrogens with one attached hydrogen (secondary N) is 1. The molecule has 3 aromatic rings. The molecule has 2 aromatic heterocycles. The molecule has 1 aromatic carbocycles. The first-order valence-corrected chi connectivity index (χ1v) is 14.1. The number of aliphatic hydroxyl groups is 1. The van der Waals surface area contributed by atoms with Gasteiger partial charge in [0.2, 0.25) is 0 Å². The lowest BCUT2D eigenvalue weighted by atomic mass is 9.99.